The molecule has 2 aromatic rings. The summed E-state index contributed by atoms with van der Waals surface area (Å²) < 4.78 is 43.8. The minimum atomic E-state index is -4.38. The van der Waals surface area contributed by atoms with Crippen LogP contribution in [-0.4, -0.2) is 54.7 Å². The second-order valence-corrected chi connectivity index (χ2v) is 10.6. The number of anilines is 1. The molecule has 1 aliphatic heterocycles. The Hall–Kier alpha value is -3.76. The normalized spacial score (nSPS) is 14.6. The number of rotatable bonds is 6. The number of aryl methyl sites for hydroxylation is 1. The van der Waals surface area contributed by atoms with E-state index in [0.717, 1.165) is 23.3 Å². The van der Waals surface area contributed by atoms with Gasteiger partial charge in [0, 0.05) is 37.4 Å². The lowest BCUT2D eigenvalue weighted by molar-refractivity contribution is -0.137. The van der Waals surface area contributed by atoms with Gasteiger partial charge in [0.1, 0.15) is 5.60 Å². The summed E-state index contributed by atoms with van der Waals surface area (Å²) in [5, 5.41) is 2.59. The van der Waals surface area contributed by atoms with Gasteiger partial charge in [-0.2, -0.15) is 13.2 Å². The quantitative estimate of drug-likeness (QED) is 0.501. The zero-order valence-corrected chi connectivity index (χ0v) is 22.6. The van der Waals surface area contributed by atoms with E-state index >= 15 is 0 Å². The molecule has 3 N–H and O–H groups in total. The minimum absolute atomic E-state index is 0.0627. The first-order valence-corrected chi connectivity index (χ1v) is 12.8. The van der Waals surface area contributed by atoms with Crippen LogP contribution in [0.15, 0.2) is 42.5 Å². The first kappa shape index (κ1) is 29.8. The van der Waals surface area contributed by atoms with Gasteiger partial charge in [-0.1, -0.05) is 18.2 Å². The highest BCUT2D eigenvalue weighted by atomic mass is 19.4. The van der Waals surface area contributed by atoms with Crippen LogP contribution in [0.1, 0.15) is 66.6 Å². The largest absolute Gasteiger partial charge is 0.444 e. The molecule has 1 heterocycles. The maximum Gasteiger partial charge on any atom is 0.416 e. The van der Waals surface area contributed by atoms with Crippen molar-refractivity contribution < 1.29 is 32.3 Å². The number of amides is 4. The minimum Gasteiger partial charge on any atom is -0.444 e. The van der Waals surface area contributed by atoms with Crippen LogP contribution in [0.2, 0.25) is 0 Å². The standard InChI is InChI=1S/C28H35F3N4O4/c1-18-5-6-21(17-23(18)35(25(32)37)16-13-33-26(38)39-27(2,3)4)24(36)34-14-11-20(12-15-34)19-7-9-22(10-8-19)28(29,30)31/h5-10,17,20H,11-16H2,1-4H3,(H2,32,37)(H,33,38). The van der Waals surface area contributed by atoms with Crippen molar-refractivity contribution in [1.82, 2.24) is 10.2 Å². The third-order valence-electron chi connectivity index (χ3n) is 6.51. The van der Waals surface area contributed by atoms with Gasteiger partial charge in [-0.05, 0) is 81.8 Å². The van der Waals surface area contributed by atoms with Crippen LogP contribution in [0.5, 0.6) is 0 Å². The van der Waals surface area contributed by atoms with Crippen molar-refractivity contribution >= 4 is 23.7 Å². The summed E-state index contributed by atoms with van der Waals surface area (Å²) in [5.41, 5.74) is 6.66. The summed E-state index contributed by atoms with van der Waals surface area (Å²) in [4.78, 5) is 40.4. The Kier molecular flexibility index (Phi) is 9.14. The van der Waals surface area contributed by atoms with E-state index < -0.39 is 29.5 Å². The molecule has 0 aromatic heterocycles. The average molecular weight is 549 g/mol. The van der Waals surface area contributed by atoms with E-state index in [1.807, 2.05) is 0 Å². The summed E-state index contributed by atoms with van der Waals surface area (Å²) in [5.74, 6) is -0.147. The number of likely N-dealkylation sites (tertiary alicyclic amines) is 1. The Morgan fingerprint density at radius 2 is 1.67 bits per heavy atom. The van der Waals surface area contributed by atoms with Gasteiger partial charge in [-0.15, -0.1) is 0 Å². The van der Waals surface area contributed by atoms with Gasteiger partial charge in [-0.3, -0.25) is 9.69 Å². The molecule has 1 aliphatic rings. The Labute approximate surface area is 226 Å². The average Bonchev–Trinajstić information content (AvgIpc) is 2.85. The molecule has 8 nitrogen and oxygen atoms in total. The molecule has 4 amide bonds. The van der Waals surface area contributed by atoms with Crippen LogP contribution in [0.25, 0.3) is 0 Å². The second-order valence-electron chi connectivity index (χ2n) is 10.6. The number of carbonyl (C=O) groups is 3. The smallest absolute Gasteiger partial charge is 0.416 e. The summed E-state index contributed by atoms with van der Waals surface area (Å²) in [7, 11) is 0. The molecule has 1 fully saturated rings. The number of benzene rings is 2. The number of primary amides is 1. The lowest BCUT2D eigenvalue weighted by Gasteiger charge is -2.33. The molecule has 2 aromatic carbocycles. The van der Waals surface area contributed by atoms with Crippen LogP contribution in [0.4, 0.5) is 28.4 Å². The molecule has 39 heavy (non-hydrogen) atoms. The SMILES string of the molecule is Cc1ccc(C(=O)N2CCC(c3ccc(C(F)(F)F)cc3)CC2)cc1N(CCNC(=O)OC(C)(C)C)C(N)=O. The Morgan fingerprint density at radius 1 is 1.05 bits per heavy atom. The molecule has 3 rings (SSSR count). The molecule has 0 radical (unpaired) electrons. The van der Waals surface area contributed by atoms with Crippen LogP contribution in [0.3, 0.4) is 0 Å². The summed E-state index contributed by atoms with van der Waals surface area (Å²) in [6, 6.07) is 9.49. The third kappa shape index (κ3) is 8.11. The third-order valence-corrected chi connectivity index (χ3v) is 6.51. The van der Waals surface area contributed by atoms with E-state index in [2.05, 4.69) is 5.32 Å². The molecule has 11 heteroatoms. The van der Waals surface area contributed by atoms with Gasteiger partial charge in [-0.25, -0.2) is 9.59 Å². The van der Waals surface area contributed by atoms with Crippen LogP contribution < -0.4 is 16.0 Å². The Morgan fingerprint density at radius 3 is 2.21 bits per heavy atom. The molecule has 212 valence electrons. The topological polar surface area (TPSA) is 105 Å². The summed E-state index contributed by atoms with van der Waals surface area (Å²) >= 11 is 0. The Balaban J connectivity index is 1.64. The maximum absolute atomic E-state index is 13.3. The van der Waals surface area contributed by atoms with E-state index in [0.29, 0.717) is 37.2 Å². The highest BCUT2D eigenvalue weighted by Gasteiger charge is 2.31. The van der Waals surface area contributed by atoms with Crippen LogP contribution in [-0.2, 0) is 10.9 Å². The lowest BCUT2D eigenvalue weighted by Crippen LogP contribution is -2.43. The predicted octanol–water partition coefficient (Wildman–Crippen LogP) is 5.44. The zero-order chi connectivity index (χ0) is 29.0. The van der Waals surface area contributed by atoms with Crippen molar-refractivity contribution in [2.75, 3.05) is 31.1 Å². The van der Waals surface area contributed by atoms with Gasteiger partial charge in [0.05, 0.1) is 5.56 Å². The number of hydrogen-bond donors (Lipinski definition) is 2. The van der Waals surface area contributed by atoms with E-state index in [1.54, 1.807) is 50.8 Å². The van der Waals surface area contributed by atoms with Gasteiger partial charge < -0.3 is 20.7 Å². The monoisotopic (exact) mass is 548 g/mol. The molecule has 0 spiro atoms. The van der Waals surface area contributed by atoms with Gasteiger partial charge in [0.25, 0.3) is 5.91 Å². The van der Waals surface area contributed by atoms with Crippen LogP contribution >= 0.6 is 0 Å². The molecule has 1 saturated heterocycles. The maximum atomic E-state index is 13.3. The molecule has 0 unspecified atom stereocenters. The highest BCUT2D eigenvalue weighted by Crippen LogP contribution is 2.33. The number of urea groups is 1. The lowest BCUT2D eigenvalue weighted by atomic mass is 9.88. The number of hydrogen-bond acceptors (Lipinski definition) is 4. The number of nitrogens with zero attached hydrogens (tertiary/aromatic N) is 2. The number of carbonyl (C=O) groups excluding carboxylic acids is 3. The molecule has 0 bridgehead atoms. The fourth-order valence-electron chi connectivity index (χ4n) is 4.51. The molecule has 0 saturated carbocycles. The molecule has 0 atom stereocenters. The van der Waals surface area contributed by atoms with Crippen molar-refractivity contribution in [3.05, 3.63) is 64.7 Å². The predicted molar refractivity (Wildman–Crippen MR) is 142 cm³/mol. The fourth-order valence-corrected chi connectivity index (χ4v) is 4.51. The van der Waals surface area contributed by atoms with Crippen molar-refractivity contribution in [3.8, 4) is 0 Å². The number of alkyl halides is 3. The van der Waals surface area contributed by atoms with Crippen LogP contribution in [0, 0.1) is 6.92 Å². The summed E-state index contributed by atoms with van der Waals surface area (Å²) in [6.07, 6.45) is -3.74. The van der Waals surface area contributed by atoms with Gasteiger partial charge >= 0.3 is 18.3 Å². The number of ether oxygens (including phenoxy) is 1. The van der Waals surface area contributed by atoms with Crippen molar-refractivity contribution in [2.24, 2.45) is 5.73 Å². The van der Waals surface area contributed by atoms with Gasteiger partial charge in [0.2, 0.25) is 0 Å². The van der Waals surface area contributed by atoms with E-state index in [4.69, 9.17) is 10.5 Å². The molecular formula is C28H35F3N4O4. The first-order chi connectivity index (χ1) is 18.2. The second kappa shape index (κ2) is 12.0. The number of piperidine rings is 1. The number of alkyl carbamates (subject to hydrolysis) is 1. The van der Waals surface area contributed by atoms with E-state index in [-0.39, 0.29) is 24.9 Å². The first-order valence-electron chi connectivity index (χ1n) is 12.8. The number of nitrogens with one attached hydrogen (secondary N) is 1. The Bertz CT molecular complexity index is 1180. The highest BCUT2D eigenvalue weighted by molar-refractivity contribution is 5.98. The van der Waals surface area contributed by atoms with E-state index in [1.165, 1.54) is 17.0 Å². The van der Waals surface area contributed by atoms with Crippen molar-refractivity contribution in [3.63, 3.8) is 0 Å². The van der Waals surface area contributed by atoms with E-state index in [9.17, 15) is 27.6 Å². The fraction of sp³-hybridized carbons (Fsp3) is 0.464. The zero-order valence-electron chi connectivity index (χ0n) is 22.6. The number of nitrogens with two attached hydrogens (primary N) is 1. The van der Waals surface area contributed by atoms with Crippen molar-refractivity contribution in [1.29, 1.82) is 0 Å². The molecular weight excluding hydrogens is 513 g/mol. The summed E-state index contributed by atoms with van der Waals surface area (Å²) in [6.45, 7) is 8.08. The molecule has 0 aliphatic carbocycles. The number of halogens is 3. The van der Waals surface area contributed by atoms with Crippen molar-refractivity contribution in [2.45, 2.75) is 58.2 Å². The van der Waals surface area contributed by atoms with Gasteiger partial charge in [0.15, 0.2) is 0 Å².